The molecule has 0 atom stereocenters. The number of benzene rings is 3. The molecule has 1 fully saturated rings. The fraction of sp³-hybridized carbons (Fsp3) is 0.333. The highest BCUT2D eigenvalue weighted by Gasteiger charge is 2.14. The molecule has 5 heteroatoms. The number of rotatable bonds is 7. The molecule has 2 N–H and O–H groups in total. The van der Waals surface area contributed by atoms with Gasteiger partial charge >= 0.3 is 0 Å². The summed E-state index contributed by atoms with van der Waals surface area (Å²) in [4.78, 5) is 0. The quantitative estimate of drug-likeness (QED) is 0.497. The van der Waals surface area contributed by atoms with E-state index >= 15 is 0 Å². The minimum absolute atomic E-state index is 0.412. The molecule has 152 valence electrons. The van der Waals surface area contributed by atoms with E-state index in [9.17, 15) is 0 Å². The van der Waals surface area contributed by atoms with Gasteiger partial charge in [0.05, 0.1) is 0 Å². The highest BCUT2D eigenvalue weighted by atomic mass is 35.5. The van der Waals surface area contributed by atoms with E-state index in [0.29, 0.717) is 16.7 Å². The second kappa shape index (κ2) is 9.82. The Morgan fingerprint density at radius 1 is 1.00 bits per heavy atom. The third-order valence-corrected chi connectivity index (χ3v) is 6.18. The van der Waals surface area contributed by atoms with Gasteiger partial charge in [-0.2, -0.15) is 0 Å². The van der Waals surface area contributed by atoms with Crippen LogP contribution in [0.3, 0.4) is 0 Å². The van der Waals surface area contributed by atoms with E-state index in [0.717, 1.165) is 43.4 Å². The first kappa shape index (κ1) is 20.5. The van der Waals surface area contributed by atoms with Crippen molar-refractivity contribution in [3.05, 3.63) is 75.8 Å². The number of fused-ring (bicyclic) bond motifs is 1. The average Bonchev–Trinajstić information content (AvgIpc) is 2.74. The Morgan fingerprint density at radius 2 is 1.83 bits per heavy atom. The Bertz CT molecular complexity index is 970. The summed E-state index contributed by atoms with van der Waals surface area (Å²) >= 11 is 12.3. The fourth-order valence-corrected chi connectivity index (χ4v) is 4.38. The normalized spacial score (nSPS) is 15.0. The predicted molar refractivity (Wildman–Crippen MR) is 122 cm³/mol. The van der Waals surface area contributed by atoms with Crippen molar-refractivity contribution in [2.24, 2.45) is 5.92 Å². The topological polar surface area (TPSA) is 33.3 Å². The van der Waals surface area contributed by atoms with Gasteiger partial charge in [0.1, 0.15) is 12.4 Å². The van der Waals surface area contributed by atoms with Gasteiger partial charge in [0.25, 0.3) is 0 Å². The maximum atomic E-state index is 6.32. The molecule has 0 aliphatic carbocycles. The summed E-state index contributed by atoms with van der Waals surface area (Å²) in [6, 6.07) is 18.2. The second-order valence-corrected chi connectivity index (χ2v) is 8.46. The van der Waals surface area contributed by atoms with Crippen LogP contribution >= 0.6 is 23.2 Å². The summed E-state index contributed by atoms with van der Waals surface area (Å²) in [6.07, 6.45) is 2.47. The standard InChI is InChI=1S/C24H26Cl2N2O/c25-20-7-5-19(23(26)13-20)16-29-24-8-6-18-3-1-2-4-21(18)22(24)15-28-14-17-9-11-27-12-10-17/h1-8,13,17,27-28H,9-12,14-16H2. The van der Waals surface area contributed by atoms with Crippen LogP contribution in [0.2, 0.25) is 10.0 Å². The van der Waals surface area contributed by atoms with Crippen molar-refractivity contribution in [3.63, 3.8) is 0 Å². The molecule has 3 aromatic carbocycles. The summed E-state index contributed by atoms with van der Waals surface area (Å²) in [5.41, 5.74) is 2.12. The number of ether oxygens (including phenoxy) is 1. The van der Waals surface area contributed by atoms with Crippen LogP contribution in [0.4, 0.5) is 0 Å². The summed E-state index contributed by atoms with van der Waals surface area (Å²) in [6.45, 7) is 4.48. The van der Waals surface area contributed by atoms with Gasteiger partial charge in [-0.05, 0) is 67.4 Å². The van der Waals surface area contributed by atoms with E-state index in [2.05, 4.69) is 47.0 Å². The Kier molecular flexibility index (Phi) is 6.94. The maximum Gasteiger partial charge on any atom is 0.124 e. The molecule has 0 aromatic heterocycles. The van der Waals surface area contributed by atoms with E-state index < -0.39 is 0 Å². The molecule has 1 aliphatic heterocycles. The van der Waals surface area contributed by atoms with Gasteiger partial charge in [-0.15, -0.1) is 0 Å². The second-order valence-electron chi connectivity index (χ2n) is 7.61. The Balaban J connectivity index is 1.51. The van der Waals surface area contributed by atoms with Crippen LogP contribution in [0, 0.1) is 5.92 Å². The predicted octanol–water partition coefficient (Wildman–Crippen LogP) is 5.81. The van der Waals surface area contributed by atoms with Crippen molar-refractivity contribution in [2.75, 3.05) is 19.6 Å². The lowest BCUT2D eigenvalue weighted by molar-refractivity contribution is 0.301. The molecule has 1 heterocycles. The molecular formula is C24H26Cl2N2O. The molecule has 1 saturated heterocycles. The Labute approximate surface area is 182 Å². The third-order valence-electron chi connectivity index (χ3n) is 5.59. The van der Waals surface area contributed by atoms with Crippen LogP contribution in [-0.2, 0) is 13.2 Å². The molecule has 0 bridgehead atoms. The van der Waals surface area contributed by atoms with Gasteiger partial charge in [-0.25, -0.2) is 0 Å². The molecule has 1 aliphatic rings. The van der Waals surface area contributed by atoms with Crippen LogP contribution < -0.4 is 15.4 Å². The number of hydrogen-bond acceptors (Lipinski definition) is 3. The largest absolute Gasteiger partial charge is 0.488 e. The summed E-state index contributed by atoms with van der Waals surface area (Å²) in [7, 11) is 0. The Hall–Kier alpha value is -1.78. The van der Waals surface area contributed by atoms with Gasteiger partial charge in [0, 0.05) is 27.7 Å². The van der Waals surface area contributed by atoms with E-state index in [1.165, 1.54) is 29.2 Å². The number of hydrogen-bond donors (Lipinski definition) is 2. The van der Waals surface area contributed by atoms with Crippen molar-refractivity contribution in [2.45, 2.75) is 26.0 Å². The zero-order valence-electron chi connectivity index (χ0n) is 16.4. The average molecular weight is 429 g/mol. The van der Waals surface area contributed by atoms with Crippen molar-refractivity contribution in [1.82, 2.24) is 10.6 Å². The number of piperidine rings is 1. The van der Waals surface area contributed by atoms with Gasteiger partial charge < -0.3 is 15.4 Å². The minimum atomic E-state index is 0.412. The Morgan fingerprint density at radius 3 is 2.66 bits per heavy atom. The van der Waals surface area contributed by atoms with Crippen LogP contribution in [-0.4, -0.2) is 19.6 Å². The smallest absolute Gasteiger partial charge is 0.124 e. The number of halogens is 2. The molecule has 3 nitrogen and oxygen atoms in total. The first-order valence-electron chi connectivity index (χ1n) is 10.2. The molecule has 0 unspecified atom stereocenters. The molecule has 0 spiro atoms. The molecule has 3 aromatic rings. The van der Waals surface area contributed by atoms with Gasteiger partial charge in [0.15, 0.2) is 0 Å². The molecular weight excluding hydrogens is 403 g/mol. The maximum absolute atomic E-state index is 6.32. The van der Waals surface area contributed by atoms with Gasteiger partial charge in [-0.3, -0.25) is 0 Å². The van der Waals surface area contributed by atoms with Crippen molar-refractivity contribution in [1.29, 1.82) is 0 Å². The summed E-state index contributed by atoms with van der Waals surface area (Å²) < 4.78 is 6.22. The highest BCUT2D eigenvalue weighted by Crippen LogP contribution is 2.30. The SMILES string of the molecule is Clc1ccc(COc2ccc3ccccc3c2CNCC2CCNCC2)c(Cl)c1. The van der Waals surface area contributed by atoms with E-state index in [-0.39, 0.29) is 0 Å². The first-order valence-corrected chi connectivity index (χ1v) is 10.9. The van der Waals surface area contributed by atoms with E-state index in [1.54, 1.807) is 6.07 Å². The van der Waals surface area contributed by atoms with Crippen molar-refractivity contribution >= 4 is 34.0 Å². The summed E-state index contributed by atoms with van der Waals surface area (Å²) in [5, 5.41) is 10.8. The van der Waals surface area contributed by atoms with Crippen LogP contribution in [0.1, 0.15) is 24.0 Å². The van der Waals surface area contributed by atoms with Crippen LogP contribution in [0.25, 0.3) is 10.8 Å². The lowest BCUT2D eigenvalue weighted by atomic mass is 9.98. The molecule has 0 saturated carbocycles. The highest BCUT2D eigenvalue weighted by molar-refractivity contribution is 6.35. The lowest BCUT2D eigenvalue weighted by Crippen LogP contribution is -2.33. The third kappa shape index (κ3) is 5.23. The van der Waals surface area contributed by atoms with E-state index in [1.807, 2.05) is 12.1 Å². The zero-order chi connectivity index (χ0) is 20.1. The van der Waals surface area contributed by atoms with Crippen molar-refractivity contribution in [3.8, 4) is 5.75 Å². The number of nitrogens with one attached hydrogen (secondary N) is 2. The molecule has 4 rings (SSSR count). The van der Waals surface area contributed by atoms with Crippen LogP contribution in [0.5, 0.6) is 5.75 Å². The minimum Gasteiger partial charge on any atom is -0.488 e. The van der Waals surface area contributed by atoms with Gasteiger partial charge in [-0.1, -0.05) is 59.6 Å². The van der Waals surface area contributed by atoms with Crippen molar-refractivity contribution < 1.29 is 4.74 Å². The molecule has 0 radical (unpaired) electrons. The summed E-state index contributed by atoms with van der Waals surface area (Å²) in [5.74, 6) is 1.64. The van der Waals surface area contributed by atoms with Gasteiger partial charge in [0.2, 0.25) is 0 Å². The zero-order valence-corrected chi connectivity index (χ0v) is 17.9. The molecule has 0 amide bonds. The monoisotopic (exact) mass is 428 g/mol. The lowest BCUT2D eigenvalue weighted by Gasteiger charge is -2.23. The fourth-order valence-electron chi connectivity index (χ4n) is 3.91. The first-order chi connectivity index (χ1) is 14.2. The van der Waals surface area contributed by atoms with Crippen LogP contribution in [0.15, 0.2) is 54.6 Å². The van der Waals surface area contributed by atoms with E-state index in [4.69, 9.17) is 27.9 Å². The molecule has 29 heavy (non-hydrogen) atoms.